The van der Waals surface area contributed by atoms with E-state index in [0.29, 0.717) is 11.3 Å². The van der Waals surface area contributed by atoms with Crippen LogP contribution < -0.4 is 5.56 Å². The van der Waals surface area contributed by atoms with Crippen LogP contribution in [0.5, 0.6) is 0 Å². The van der Waals surface area contributed by atoms with Crippen LogP contribution in [0.1, 0.15) is 32.1 Å². The Morgan fingerprint density at radius 2 is 1.96 bits per heavy atom. The minimum absolute atomic E-state index is 0.380. The first kappa shape index (κ1) is 17.1. The van der Waals surface area contributed by atoms with Crippen molar-refractivity contribution in [2.24, 2.45) is 0 Å². The highest BCUT2D eigenvalue weighted by molar-refractivity contribution is 5.97. The van der Waals surface area contributed by atoms with E-state index in [-0.39, 0.29) is 0 Å². The van der Waals surface area contributed by atoms with Crippen molar-refractivity contribution in [2.45, 2.75) is 20.4 Å². The first-order chi connectivity index (χ1) is 11.2. The van der Waals surface area contributed by atoms with Crippen molar-refractivity contribution < 1.29 is 19.2 Å². The van der Waals surface area contributed by atoms with Gasteiger partial charge in [-0.15, -0.1) is 0 Å². The van der Waals surface area contributed by atoms with Crippen molar-refractivity contribution in [3.05, 3.63) is 61.3 Å². The van der Waals surface area contributed by atoms with Gasteiger partial charge in [0, 0.05) is 23.0 Å². The molecular formula is C15H15N3O6. The van der Waals surface area contributed by atoms with E-state index < -0.39 is 40.0 Å². The number of esters is 1. The van der Waals surface area contributed by atoms with E-state index in [2.05, 4.69) is 9.72 Å². The van der Waals surface area contributed by atoms with Crippen molar-refractivity contribution in [3.63, 3.8) is 0 Å². The first-order valence-electron chi connectivity index (χ1n) is 6.91. The topological polar surface area (TPSA) is 124 Å². The number of ketones is 1. The van der Waals surface area contributed by atoms with E-state index in [1.165, 1.54) is 0 Å². The molecule has 0 aliphatic heterocycles. The molecule has 0 unspecified atom stereocenters. The maximum Gasteiger partial charge on any atom is 0.343 e. The number of pyridine rings is 1. The zero-order chi connectivity index (χ0) is 18.0. The number of aromatic amines is 1. The standard InChI is InChI=1S/C15H15N3O6/c1-8-4-11(9(2)16-8)13(19)7-17-6-10(18(22)23)5-12(14(17)20)15(21)24-3/h4-6,16H,7H2,1-3H3. The number of ether oxygens (including phenoxy) is 1. The lowest BCUT2D eigenvalue weighted by molar-refractivity contribution is -0.385. The van der Waals surface area contributed by atoms with Crippen molar-refractivity contribution in [3.8, 4) is 0 Å². The van der Waals surface area contributed by atoms with Gasteiger partial charge in [-0.1, -0.05) is 0 Å². The Morgan fingerprint density at radius 3 is 2.46 bits per heavy atom. The van der Waals surface area contributed by atoms with Crippen LogP contribution in [0.15, 0.2) is 23.1 Å². The summed E-state index contributed by atoms with van der Waals surface area (Å²) in [6.45, 7) is 3.05. The van der Waals surface area contributed by atoms with Crippen LogP contribution >= 0.6 is 0 Å². The number of methoxy groups -OCH3 is 1. The monoisotopic (exact) mass is 333 g/mol. The summed E-state index contributed by atoms with van der Waals surface area (Å²) in [6, 6.07) is 2.46. The van der Waals surface area contributed by atoms with Crippen LogP contribution in [0, 0.1) is 24.0 Å². The third kappa shape index (κ3) is 3.24. The van der Waals surface area contributed by atoms with Crippen LogP contribution in [0.3, 0.4) is 0 Å². The summed E-state index contributed by atoms with van der Waals surface area (Å²) >= 11 is 0. The average Bonchev–Trinajstić information content (AvgIpc) is 2.86. The largest absolute Gasteiger partial charge is 0.465 e. The molecule has 0 saturated carbocycles. The Morgan fingerprint density at radius 1 is 1.29 bits per heavy atom. The van der Waals surface area contributed by atoms with Crippen LogP contribution in [0.4, 0.5) is 5.69 Å². The number of hydrogen-bond donors (Lipinski definition) is 1. The Bertz CT molecular complexity index is 893. The van der Waals surface area contributed by atoms with Crippen molar-refractivity contribution in [1.82, 2.24) is 9.55 Å². The van der Waals surface area contributed by atoms with Crippen molar-refractivity contribution in [2.75, 3.05) is 7.11 Å². The molecule has 126 valence electrons. The maximum absolute atomic E-state index is 12.4. The highest BCUT2D eigenvalue weighted by atomic mass is 16.6. The normalized spacial score (nSPS) is 10.5. The van der Waals surface area contributed by atoms with Crippen LogP contribution in [-0.4, -0.2) is 33.3 Å². The molecule has 0 radical (unpaired) electrons. The molecular weight excluding hydrogens is 318 g/mol. The summed E-state index contributed by atoms with van der Waals surface area (Å²) < 4.78 is 5.30. The smallest absolute Gasteiger partial charge is 0.343 e. The van der Waals surface area contributed by atoms with Gasteiger partial charge in [0.15, 0.2) is 5.78 Å². The van der Waals surface area contributed by atoms with Gasteiger partial charge < -0.3 is 14.3 Å². The molecule has 0 aromatic carbocycles. The molecule has 9 heteroatoms. The molecule has 2 heterocycles. The minimum atomic E-state index is -1.00. The summed E-state index contributed by atoms with van der Waals surface area (Å²) in [5.41, 5.74) is -0.0239. The van der Waals surface area contributed by atoms with Crippen LogP contribution in [-0.2, 0) is 11.3 Å². The Hall–Kier alpha value is -3.23. The van der Waals surface area contributed by atoms with Crippen LogP contribution in [0.25, 0.3) is 0 Å². The molecule has 0 atom stereocenters. The zero-order valence-corrected chi connectivity index (χ0v) is 13.3. The van der Waals surface area contributed by atoms with Crippen molar-refractivity contribution in [1.29, 1.82) is 0 Å². The fourth-order valence-corrected chi connectivity index (χ4v) is 2.35. The lowest BCUT2D eigenvalue weighted by atomic mass is 10.1. The second-order valence-electron chi connectivity index (χ2n) is 5.21. The molecule has 0 spiro atoms. The Kier molecular flexibility index (Phi) is 4.63. The number of aryl methyl sites for hydroxylation is 2. The van der Waals surface area contributed by atoms with Crippen LogP contribution in [0.2, 0.25) is 0 Å². The number of nitro groups is 1. The third-order valence-electron chi connectivity index (χ3n) is 3.45. The van der Waals surface area contributed by atoms with E-state index in [0.717, 1.165) is 29.6 Å². The van der Waals surface area contributed by atoms with E-state index >= 15 is 0 Å². The molecule has 0 fully saturated rings. The summed E-state index contributed by atoms with van der Waals surface area (Å²) in [5, 5.41) is 11.0. The molecule has 0 bridgehead atoms. The highest BCUT2D eigenvalue weighted by Crippen LogP contribution is 2.14. The second kappa shape index (κ2) is 6.49. The number of H-pyrrole nitrogens is 1. The van der Waals surface area contributed by atoms with Crippen molar-refractivity contribution >= 4 is 17.4 Å². The summed E-state index contributed by atoms with van der Waals surface area (Å²) in [5.74, 6) is -1.41. The van der Waals surface area contributed by atoms with E-state index in [1.807, 2.05) is 0 Å². The number of rotatable bonds is 5. The summed E-state index contributed by atoms with van der Waals surface area (Å²) in [7, 11) is 1.06. The van der Waals surface area contributed by atoms with Gasteiger partial charge in [0.2, 0.25) is 0 Å². The number of carbonyl (C=O) groups excluding carboxylic acids is 2. The fraction of sp³-hybridized carbons (Fsp3) is 0.267. The predicted molar refractivity (Wildman–Crippen MR) is 83.3 cm³/mol. The maximum atomic E-state index is 12.4. The fourth-order valence-electron chi connectivity index (χ4n) is 2.35. The number of Topliss-reactive ketones (excluding diaryl/α,β-unsaturated/α-hetero) is 1. The molecule has 2 aromatic heterocycles. The number of nitrogens with one attached hydrogen (secondary N) is 1. The Labute approximate surface area is 136 Å². The van der Waals surface area contributed by atoms with Gasteiger partial charge in [0.05, 0.1) is 24.8 Å². The lowest BCUT2D eigenvalue weighted by Gasteiger charge is -2.07. The third-order valence-corrected chi connectivity index (χ3v) is 3.45. The van der Waals surface area contributed by atoms with Gasteiger partial charge in [0.25, 0.3) is 11.2 Å². The average molecular weight is 333 g/mol. The highest BCUT2D eigenvalue weighted by Gasteiger charge is 2.21. The van der Waals surface area contributed by atoms with Gasteiger partial charge >= 0.3 is 5.97 Å². The predicted octanol–water partition coefficient (Wildman–Crippen LogP) is 1.37. The molecule has 0 amide bonds. The van der Waals surface area contributed by atoms with Gasteiger partial charge in [-0.05, 0) is 19.9 Å². The van der Waals surface area contributed by atoms with Gasteiger partial charge in [-0.25, -0.2) is 4.79 Å². The molecule has 0 saturated heterocycles. The molecule has 24 heavy (non-hydrogen) atoms. The molecule has 9 nitrogen and oxygen atoms in total. The molecule has 0 aliphatic carbocycles. The number of hydrogen-bond acceptors (Lipinski definition) is 6. The Balaban J connectivity index is 2.49. The summed E-state index contributed by atoms with van der Waals surface area (Å²) in [4.78, 5) is 49.5. The van der Waals surface area contributed by atoms with Gasteiger partial charge in [0.1, 0.15) is 5.56 Å². The number of carbonyl (C=O) groups is 2. The van der Waals surface area contributed by atoms with Gasteiger partial charge in [-0.3, -0.25) is 19.7 Å². The summed E-state index contributed by atoms with van der Waals surface area (Å²) in [6.07, 6.45) is 0.932. The van der Waals surface area contributed by atoms with E-state index in [4.69, 9.17) is 0 Å². The minimum Gasteiger partial charge on any atom is -0.465 e. The molecule has 1 N–H and O–H groups in total. The zero-order valence-electron chi connectivity index (χ0n) is 13.3. The molecule has 2 aromatic rings. The first-order valence-corrected chi connectivity index (χ1v) is 6.91. The molecule has 0 aliphatic rings. The number of nitrogens with zero attached hydrogens (tertiary/aromatic N) is 2. The number of aromatic nitrogens is 2. The molecule has 2 rings (SSSR count). The quantitative estimate of drug-likeness (QED) is 0.381. The lowest BCUT2D eigenvalue weighted by Crippen LogP contribution is -2.29. The second-order valence-corrected chi connectivity index (χ2v) is 5.21. The van der Waals surface area contributed by atoms with E-state index in [1.54, 1.807) is 19.9 Å². The SMILES string of the molecule is COC(=O)c1cc([N+](=O)[O-])cn(CC(=O)c2cc(C)[nH]c2C)c1=O. The van der Waals surface area contributed by atoms with Gasteiger partial charge in [-0.2, -0.15) is 0 Å². The van der Waals surface area contributed by atoms with E-state index in [9.17, 15) is 24.5 Å².